The predicted molar refractivity (Wildman–Crippen MR) is 160 cm³/mol. The highest BCUT2D eigenvalue weighted by Gasteiger charge is 2.36. The van der Waals surface area contributed by atoms with Gasteiger partial charge in [-0.3, -0.25) is 14.3 Å². The quantitative estimate of drug-likeness (QED) is 0.156. The smallest absolute Gasteiger partial charge is 0.343 e. The van der Waals surface area contributed by atoms with Gasteiger partial charge in [0, 0.05) is 5.56 Å². The summed E-state index contributed by atoms with van der Waals surface area (Å²) in [7, 11) is -8.27. The zero-order valence-electron chi connectivity index (χ0n) is 22.5. The van der Waals surface area contributed by atoms with Crippen molar-refractivity contribution in [2.75, 3.05) is 21.3 Å². The van der Waals surface area contributed by atoms with Crippen molar-refractivity contribution in [3.05, 3.63) is 125 Å². The zero-order valence-corrected chi connectivity index (χ0v) is 24.1. The summed E-state index contributed by atoms with van der Waals surface area (Å²) in [5.41, 5.74) is 1.80. The first-order valence-electron chi connectivity index (χ1n) is 12.9. The second-order valence-electron chi connectivity index (χ2n) is 9.58. The van der Waals surface area contributed by atoms with Crippen LogP contribution < -0.4 is 18.5 Å². The van der Waals surface area contributed by atoms with Crippen LogP contribution in [-0.2, 0) is 31.4 Å². The summed E-state index contributed by atoms with van der Waals surface area (Å²) < 4.78 is 61.7. The number of rotatable bonds is 10. The van der Waals surface area contributed by atoms with Crippen LogP contribution in [0.15, 0.2) is 103 Å². The van der Waals surface area contributed by atoms with Gasteiger partial charge >= 0.3 is 16.2 Å². The van der Waals surface area contributed by atoms with Gasteiger partial charge in [-0.25, -0.2) is 22.2 Å². The van der Waals surface area contributed by atoms with Crippen molar-refractivity contribution < 1.29 is 36.0 Å². The maximum Gasteiger partial charge on any atom is 0.343 e. The van der Waals surface area contributed by atoms with Crippen molar-refractivity contribution in [2.24, 2.45) is 0 Å². The molecule has 11 nitrogen and oxygen atoms in total. The summed E-state index contributed by atoms with van der Waals surface area (Å²) in [6.07, 6.45) is 0.144. The molecule has 13 heteroatoms. The van der Waals surface area contributed by atoms with Gasteiger partial charge in [-0.05, 0) is 47.9 Å². The van der Waals surface area contributed by atoms with E-state index >= 15 is 0 Å². The number of esters is 1. The van der Waals surface area contributed by atoms with Crippen molar-refractivity contribution in [2.45, 2.75) is 6.42 Å². The average molecular weight is 620 g/mol. The molecule has 4 aromatic carbocycles. The van der Waals surface area contributed by atoms with Crippen LogP contribution in [0.3, 0.4) is 0 Å². The fourth-order valence-corrected chi connectivity index (χ4v) is 6.71. The molecule has 0 atom stereocenters. The number of nitrogens with zero attached hydrogens (tertiary/aromatic N) is 1. The molecule has 5 rings (SSSR count). The Bertz CT molecular complexity index is 1910. The number of benzene rings is 4. The second-order valence-corrected chi connectivity index (χ2v) is 12.9. The maximum atomic E-state index is 12.9. The number of hydrogen-bond donors (Lipinski definition) is 2. The Morgan fingerprint density at radius 2 is 1.49 bits per heavy atom. The Balaban J connectivity index is 1.43. The van der Waals surface area contributed by atoms with E-state index in [2.05, 4.69) is 4.72 Å². The number of sulfonamides is 1. The SMILES string of the molecule is O=C1CN(c2ccc(Cc3ccccc3NS(=O)(=O)CC(=O)c3ccccc3)cc2OC(=O)c2ccccc2)S(=O)(=O)N1. The third kappa shape index (κ3) is 7.08. The number of ether oxygens (including phenoxy) is 1. The number of hydrogen-bond acceptors (Lipinski definition) is 8. The Hall–Kier alpha value is -5.01. The molecule has 1 heterocycles. The molecule has 43 heavy (non-hydrogen) atoms. The van der Waals surface area contributed by atoms with Crippen LogP contribution in [0.5, 0.6) is 5.75 Å². The van der Waals surface area contributed by atoms with Gasteiger partial charge in [-0.15, -0.1) is 0 Å². The minimum Gasteiger partial charge on any atom is -0.421 e. The van der Waals surface area contributed by atoms with Crippen LogP contribution in [0.4, 0.5) is 11.4 Å². The van der Waals surface area contributed by atoms with Crippen molar-refractivity contribution in [1.29, 1.82) is 0 Å². The number of Topliss-reactive ketones (excluding diaryl/α,β-unsaturated/α-hetero) is 1. The molecule has 1 amide bonds. The first-order valence-corrected chi connectivity index (χ1v) is 16.0. The lowest BCUT2D eigenvalue weighted by molar-refractivity contribution is -0.117. The molecule has 1 saturated heterocycles. The summed E-state index contributed by atoms with van der Waals surface area (Å²) in [5.74, 6) is -2.91. The van der Waals surface area contributed by atoms with Crippen LogP contribution in [-0.4, -0.2) is 46.8 Å². The van der Waals surface area contributed by atoms with Gasteiger partial charge in [0.2, 0.25) is 10.0 Å². The number of amides is 1. The van der Waals surface area contributed by atoms with Crippen molar-refractivity contribution in [3.8, 4) is 5.75 Å². The first kappa shape index (κ1) is 29.5. The highest BCUT2D eigenvalue weighted by molar-refractivity contribution is 7.93. The summed E-state index contributed by atoms with van der Waals surface area (Å²) >= 11 is 0. The van der Waals surface area contributed by atoms with E-state index in [-0.39, 0.29) is 34.7 Å². The van der Waals surface area contributed by atoms with E-state index in [9.17, 15) is 31.2 Å². The monoisotopic (exact) mass is 619 g/mol. The van der Waals surface area contributed by atoms with Gasteiger partial charge in [0.15, 0.2) is 11.5 Å². The first-order chi connectivity index (χ1) is 20.5. The normalized spacial score (nSPS) is 14.1. The van der Waals surface area contributed by atoms with E-state index < -0.39 is 50.2 Å². The Morgan fingerprint density at radius 1 is 0.860 bits per heavy atom. The van der Waals surface area contributed by atoms with Gasteiger partial charge in [0.1, 0.15) is 12.3 Å². The molecule has 0 unspecified atom stereocenters. The Morgan fingerprint density at radius 3 is 2.14 bits per heavy atom. The average Bonchev–Trinajstić information content (AvgIpc) is 3.26. The molecule has 4 aromatic rings. The van der Waals surface area contributed by atoms with Gasteiger partial charge in [0.05, 0.1) is 16.9 Å². The number of nitrogens with one attached hydrogen (secondary N) is 2. The van der Waals surface area contributed by atoms with Gasteiger partial charge in [-0.2, -0.15) is 8.42 Å². The van der Waals surface area contributed by atoms with Gasteiger partial charge in [0.25, 0.3) is 5.91 Å². The van der Waals surface area contributed by atoms with Gasteiger partial charge in [-0.1, -0.05) is 72.8 Å². The molecular weight excluding hydrogens is 594 g/mol. The van der Waals surface area contributed by atoms with Crippen LogP contribution in [0.25, 0.3) is 0 Å². The molecule has 0 radical (unpaired) electrons. The summed E-state index contributed by atoms with van der Waals surface area (Å²) in [6.45, 7) is -0.496. The Labute approximate surface area is 248 Å². The predicted octanol–water partition coefficient (Wildman–Crippen LogP) is 3.30. The largest absolute Gasteiger partial charge is 0.421 e. The zero-order chi connectivity index (χ0) is 30.6. The highest BCUT2D eigenvalue weighted by atomic mass is 32.2. The minimum absolute atomic E-state index is 0.0280. The highest BCUT2D eigenvalue weighted by Crippen LogP contribution is 2.34. The van der Waals surface area contributed by atoms with Gasteiger partial charge < -0.3 is 4.74 Å². The molecule has 2 N–H and O–H groups in total. The molecule has 0 aromatic heterocycles. The molecule has 0 spiro atoms. The molecular formula is C30H25N3O8S2. The number of para-hydroxylation sites is 1. The van der Waals surface area contributed by atoms with E-state index in [0.29, 0.717) is 11.1 Å². The lowest BCUT2D eigenvalue weighted by Crippen LogP contribution is -2.30. The number of anilines is 2. The topological polar surface area (TPSA) is 156 Å². The van der Waals surface area contributed by atoms with Crippen LogP contribution in [0.1, 0.15) is 31.8 Å². The van der Waals surface area contributed by atoms with Crippen LogP contribution in [0.2, 0.25) is 0 Å². The molecule has 1 aliphatic heterocycles. The fraction of sp³-hybridized carbons (Fsp3) is 0.100. The minimum atomic E-state index is -4.20. The molecule has 1 fully saturated rings. The van der Waals surface area contributed by atoms with E-state index in [0.717, 1.165) is 4.31 Å². The lowest BCUT2D eigenvalue weighted by atomic mass is 10.0. The molecule has 220 valence electrons. The van der Waals surface area contributed by atoms with E-state index in [1.807, 2.05) is 4.72 Å². The number of carbonyl (C=O) groups excluding carboxylic acids is 3. The Kier molecular flexibility index (Phi) is 8.28. The van der Waals surface area contributed by atoms with Crippen LogP contribution in [0, 0.1) is 0 Å². The maximum absolute atomic E-state index is 12.9. The molecule has 1 aliphatic rings. The number of ketones is 1. The van der Waals surface area contributed by atoms with Crippen molar-refractivity contribution >= 4 is 49.3 Å². The van der Waals surface area contributed by atoms with Crippen molar-refractivity contribution in [1.82, 2.24) is 4.72 Å². The molecule has 0 saturated carbocycles. The van der Waals surface area contributed by atoms with E-state index in [1.165, 1.54) is 36.4 Å². The third-order valence-corrected chi connectivity index (χ3v) is 8.98. The summed E-state index contributed by atoms with van der Waals surface area (Å²) in [4.78, 5) is 37.3. The third-order valence-electron chi connectivity index (χ3n) is 6.42. The van der Waals surface area contributed by atoms with E-state index in [1.54, 1.807) is 66.7 Å². The van der Waals surface area contributed by atoms with Crippen LogP contribution >= 0.6 is 0 Å². The summed E-state index contributed by atoms with van der Waals surface area (Å²) in [5, 5.41) is 0. The lowest BCUT2D eigenvalue weighted by Gasteiger charge is -2.19. The second kappa shape index (κ2) is 12.1. The summed E-state index contributed by atoms with van der Waals surface area (Å²) in [6, 6.07) is 27.2. The molecule has 0 bridgehead atoms. The standard InChI is InChI=1S/C30H25N3O8S2/c34-27(22-9-3-1-4-10-22)20-42(37,38)31-25-14-8-7-13-24(25)17-21-15-16-26(33-19-29(35)32-43(33,39)40)28(18-21)41-30(36)23-11-5-2-6-12-23/h1-16,18,31H,17,19-20H2,(H,32,35). The van der Waals surface area contributed by atoms with E-state index in [4.69, 9.17) is 4.74 Å². The van der Waals surface area contributed by atoms with Crippen molar-refractivity contribution in [3.63, 3.8) is 0 Å². The molecule has 0 aliphatic carbocycles. The number of carbonyl (C=O) groups is 3. The fourth-order valence-electron chi connectivity index (χ4n) is 4.43.